The summed E-state index contributed by atoms with van der Waals surface area (Å²) in [7, 11) is 0. The highest BCUT2D eigenvalue weighted by Crippen LogP contribution is 2.37. The number of aryl methyl sites for hydroxylation is 1. The smallest absolute Gasteiger partial charge is 0.159 e. The minimum absolute atomic E-state index is 0.346. The molecule has 0 aliphatic heterocycles. The quantitative estimate of drug-likeness (QED) is 0.382. The van der Waals surface area contributed by atoms with Crippen LogP contribution in [0.5, 0.6) is 0 Å². The summed E-state index contributed by atoms with van der Waals surface area (Å²) >= 11 is 1.92. The Hall–Kier alpha value is -2.00. The average molecular weight is 411 g/mol. The Labute approximate surface area is 176 Å². The first kappa shape index (κ1) is 20.3. The first-order chi connectivity index (χ1) is 14.1. The molecule has 3 heteroatoms. The van der Waals surface area contributed by atoms with Crippen LogP contribution in [0.4, 0.5) is 8.78 Å². The van der Waals surface area contributed by atoms with Crippen LogP contribution in [-0.4, -0.2) is 0 Å². The third-order valence-electron chi connectivity index (χ3n) is 6.12. The van der Waals surface area contributed by atoms with Gasteiger partial charge in [0.2, 0.25) is 0 Å². The molecule has 1 aliphatic rings. The zero-order valence-corrected chi connectivity index (χ0v) is 17.8. The fraction of sp³-hybridized carbons (Fsp3) is 0.385. The molecule has 152 valence electrons. The first-order valence-corrected chi connectivity index (χ1v) is 11.6. The van der Waals surface area contributed by atoms with Crippen molar-refractivity contribution in [2.45, 2.75) is 57.8 Å². The van der Waals surface area contributed by atoms with Crippen LogP contribution in [0.3, 0.4) is 0 Å². The Balaban J connectivity index is 1.36. The number of rotatable bonds is 6. The summed E-state index contributed by atoms with van der Waals surface area (Å²) in [5, 5.41) is 1.35. The number of fused-ring (bicyclic) bond motifs is 1. The van der Waals surface area contributed by atoms with Crippen molar-refractivity contribution in [3.63, 3.8) is 0 Å². The van der Waals surface area contributed by atoms with Crippen molar-refractivity contribution < 1.29 is 8.78 Å². The van der Waals surface area contributed by atoms with Gasteiger partial charge in [-0.2, -0.15) is 0 Å². The van der Waals surface area contributed by atoms with Crippen molar-refractivity contribution in [1.29, 1.82) is 0 Å². The van der Waals surface area contributed by atoms with Gasteiger partial charge in [-0.25, -0.2) is 8.78 Å². The fourth-order valence-corrected chi connectivity index (χ4v) is 5.49. The van der Waals surface area contributed by atoms with Gasteiger partial charge in [0.1, 0.15) is 0 Å². The molecular formula is C26H28F2S. The number of allylic oxidation sites excluding steroid dienone is 1. The molecule has 0 unspecified atom stereocenters. The zero-order valence-electron chi connectivity index (χ0n) is 17.0. The van der Waals surface area contributed by atoms with E-state index in [4.69, 9.17) is 0 Å². The van der Waals surface area contributed by atoms with Crippen LogP contribution in [0.25, 0.3) is 16.2 Å². The Kier molecular flexibility index (Phi) is 6.44. The number of unbranched alkanes of at least 4 members (excludes halogenated alkanes) is 1. The number of halogens is 2. The van der Waals surface area contributed by atoms with Gasteiger partial charge in [0.25, 0.3) is 0 Å². The molecule has 0 radical (unpaired) electrons. The molecule has 3 aromatic rings. The first-order valence-electron chi connectivity index (χ1n) is 10.8. The molecule has 1 fully saturated rings. The maximum Gasteiger partial charge on any atom is 0.159 e. The molecule has 0 amide bonds. The van der Waals surface area contributed by atoms with E-state index < -0.39 is 11.6 Å². The average Bonchev–Trinajstić information content (AvgIpc) is 3.15. The predicted molar refractivity (Wildman–Crippen MR) is 121 cm³/mol. The number of thiophene rings is 1. The van der Waals surface area contributed by atoms with Crippen molar-refractivity contribution in [3.8, 4) is 0 Å². The van der Waals surface area contributed by atoms with Gasteiger partial charge < -0.3 is 0 Å². The van der Waals surface area contributed by atoms with Crippen LogP contribution in [-0.2, 0) is 6.42 Å². The van der Waals surface area contributed by atoms with E-state index in [1.54, 1.807) is 6.07 Å². The van der Waals surface area contributed by atoms with E-state index in [1.807, 2.05) is 11.3 Å². The fourth-order valence-electron chi connectivity index (χ4n) is 4.34. The SMILES string of the molecule is CCCCc1cc2ccc(/C=C/C3CCC(c4ccc(F)c(F)c4)CC3)cc2s1. The molecule has 0 atom stereocenters. The monoisotopic (exact) mass is 410 g/mol. The summed E-state index contributed by atoms with van der Waals surface area (Å²) in [4.78, 5) is 1.48. The molecule has 2 aromatic carbocycles. The molecule has 0 spiro atoms. The molecule has 1 heterocycles. The third kappa shape index (κ3) is 4.95. The van der Waals surface area contributed by atoms with Crippen molar-refractivity contribution in [2.24, 2.45) is 5.92 Å². The summed E-state index contributed by atoms with van der Waals surface area (Å²) in [6.45, 7) is 2.24. The Morgan fingerprint density at radius 2 is 1.79 bits per heavy atom. The van der Waals surface area contributed by atoms with Gasteiger partial charge >= 0.3 is 0 Å². The minimum atomic E-state index is -0.759. The van der Waals surface area contributed by atoms with E-state index in [9.17, 15) is 8.78 Å². The van der Waals surface area contributed by atoms with Crippen LogP contribution < -0.4 is 0 Å². The highest BCUT2D eigenvalue weighted by Gasteiger charge is 2.21. The molecule has 0 saturated heterocycles. The van der Waals surface area contributed by atoms with Gasteiger partial charge in [-0.3, -0.25) is 0 Å². The lowest BCUT2D eigenvalue weighted by Crippen LogP contribution is -2.12. The highest BCUT2D eigenvalue weighted by atomic mass is 32.1. The number of hydrogen-bond donors (Lipinski definition) is 0. The second kappa shape index (κ2) is 9.21. The largest absolute Gasteiger partial charge is 0.204 e. The van der Waals surface area contributed by atoms with E-state index >= 15 is 0 Å². The van der Waals surface area contributed by atoms with Crippen molar-refractivity contribution in [3.05, 3.63) is 76.2 Å². The Bertz CT molecular complexity index is 993. The van der Waals surface area contributed by atoms with Crippen LogP contribution in [0.2, 0.25) is 0 Å². The van der Waals surface area contributed by atoms with Crippen LogP contribution in [0.1, 0.15) is 67.4 Å². The van der Waals surface area contributed by atoms with Gasteiger partial charge in [-0.1, -0.05) is 43.7 Å². The normalized spacial score (nSPS) is 20.0. The topological polar surface area (TPSA) is 0 Å². The molecule has 1 aromatic heterocycles. The maximum atomic E-state index is 13.5. The molecular weight excluding hydrogens is 382 g/mol. The molecule has 1 aliphatic carbocycles. The minimum Gasteiger partial charge on any atom is -0.204 e. The number of benzene rings is 2. The second-order valence-corrected chi connectivity index (χ2v) is 9.43. The zero-order chi connectivity index (χ0) is 20.2. The Morgan fingerprint density at radius 3 is 2.55 bits per heavy atom. The summed E-state index contributed by atoms with van der Waals surface area (Å²) in [5.41, 5.74) is 2.21. The van der Waals surface area contributed by atoms with Gasteiger partial charge in [0.05, 0.1) is 0 Å². The molecule has 4 rings (SSSR count). The van der Waals surface area contributed by atoms with Crippen LogP contribution in [0, 0.1) is 17.6 Å². The van der Waals surface area contributed by atoms with Gasteiger partial charge in [0, 0.05) is 9.58 Å². The Morgan fingerprint density at radius 1 is 0.966 bits per heavy atom. The highest BCUT2D eigenvalue weighted by molar-refractivity contribution is 7.19. The summed E-state index contributed by atoms with van der Waals surface area (Å²) < 4.78 is 28.0. The summed E-state index contributed by atoms with van der Waals surface area (Å²) in [5.74, 6) is -0.577. The van der Waals surface area contributed by atoms with Gasteiger partial charge in [-0.15, -0.1) is 11.3 Å². The van der Waals surface area contributed by atoms with Gasteiger partial charge in [-0.05, 0) is 91.1 Å². The lowest BCUT2D eigenvalue weighted by atomic mass is 9.78. The standard InChI is InChI=1S/C26H28F2S/c1-2-3-4-23-16-22-12-9-19(15-26(22)29-23)6-5-18-7-10-20(11-8-18)21-13-14-24(27)25(28)17-21/h5-6,9,12-18,20H,2-4,7-8,10-11H2,1H3/b6-5+. The second-order valence-electron chi connectivity index (χ2n) is 8.26. The lowest BCUT2D eigenvalue weighted by Gasteiger charge is -2.27. The predicted octanol–water partition coefficient (Wildman–Crippen LogP) is 8.51. The van der Waals surface area contributed by atoms with Crippen LogP contribution >= 0.6 is 11.3 Å². The van der Waals surface area contributed by atoms with E-state index in [2.05, 4.69) is 43.3 Å². The molecule has 29 heavy (non-hydrogen) atoms. The van der Waals surface area contributed by atoms with Gasteiger partial charge in [0.15, 0.2) is 11.6 Å². The summed E-state index contributed by atoms with van der Waals surface area (Å²) in [6.07, 6.45) is 12.5. The maximum absolute atomic E-state index is 13.5. The van der Waals surface area contributed by atoms with E-state index in [0.29, 0.717) is 11.8 Å². The molecule has 0 nitrogen and oxygen atoms in total. The van der Waals surface area contributed by atoms with Crippen molar-refractivity contribution in [1.82, 2.24) is 0 Å². The van der Waals surface area contributed by atoms with Crippen molar-refractivity contribution >= 4 is 27.5 Å². The van der Waals surface area contributed by atoms with Crippen LogP contribution in [0.15, 0.2) is 48.5 Å². The van der Waals surface area contributed by atoms with E-state index in [0.717, 1.165) is 31.2 Å². The van der Waals surface area contributed by atoms with E-state index in [-0.39, 0.29) is 0 Å². The molecule has 1 saturated carbocycles. The lowest BCUT2D eigenvalue weighted by molar-refractivity contribution is 0.375. The number of hydrogen-bond acceptors (Lipinski definition) is 1. The van der Waals surface area contributed by atoms with E-state index in [1.165, 1.54) is 51.9 Å². The third-order valence-corrected chi connectivity index (χ3v) is 7.28. The van der Waals surface area contributed by atoms with Crippen molar-refractivity contribution in [2.75, 3.05) is 0 Å². The summed E-state index contributed by atoms with van der Waals surface area (Å²) in [6, 6.07) is 13.5. The molecule has 0 bridgehead atoms. The molecule has 0 N–H and O–H groups in total.